The molecule has 0 atom stereocenters. The molecule has 6 heteroatoms. The number of amides is 2. The number of benzene rings is 1. The maximum atomic E-state index is 12.4. The Bertz CT molecular complexity index is 550. The Labute approximate surface area is 142 Å². The molecule has 0 unspecified atom stereocenters. The predicted molar refractivity (Wildman–Crippen MR) is 89.4 cm³/mol. The molecule has 1 aromatic rings. The van der Waals surface area contributed by atoms with Crippen molar-refractivity contribution in [2.75, 3.05) is 39.9 Å². The van der Waals surface area contributed by atoms with E-state index in [1.165, 1.54) is 7.11 Å². The Morgan fingerprint density at radius 3 is 2.39 bits per heavy atom. The molecule has 0 bridgehead atoms. The van der Waals surface area contributed by atoms with Gasteiger partial charge in [0.25, 0.3) is 0 Å². The summed E-state index contributed by atoms with van der Waals surface area (Å²) in [4.78, 5) is 27.9. The Balaban J connectivity index is 1.83. The van der Waals surface area contributed by atoms with Gasteiger partial charge in [-0.3, -0.25) is 9.59 Å². The van der Waals surface area contributed by atoms with Gasteiger partial charge in [0, 0.05) is 44.7 Å². The molecule has 0 aromatic heterocycles. The zero-order valence-corrected chi connectivity index (χ0v) is 14.2. The molecular formula is C17H23ClN2O3. The van der Waals surface area contributed by atoms with Gasteiger partial charge in [-0.1, -0.05) is 29.8 Å². The fourth-order valence-corrected chi connectivity index (χ4v) is 2.96. The summed E-state index contributed by atoms with van der Waals surface area (Å²) in [6.45, 7) is 2.62. The highest BCUT2D eigenvalue weighted by Gasteiger charge is 2.21. The van der Waals surface area contributed by atoms with E-state index in [0.29, 0.717) is 44.0 Å². The monoisotopic (exact) mass is 338 g/mol. The van der Waals surface area contributed by atoms with E-state index in [1.807, 2.05) is 29.2 Å². The van der Waals surface area contributed by atoms with E-state index in [-0.39, 0.29) is 18.4 Å². The maximum Gasteiger partial charge on any atom is 0.248 e. The molecule has 1 aliphatic heterocycles. The Morgan fingerprint density at radius 2 is 1.74 bits per heavy atom. The van der Waals surface area contributed by atoms with Crippen molar-refractivity contribution in [3.8, 4) is 0 Å². The molecule has 0 saturated carbocycles. The number of hydrogen-bond donors (Lipinski definition) is 0. The molecule has 1 aromatic carbocycles. The number of nitrogens with zero attached hydrogens (tertiary/aromatic N) is 2. The number of hydrogen-bond acceptors (Lipinski definition) is 3. The fraction of sp³-hybridized carbons (Fsp3) is 0.529. The first-order chi connectivity index (χ1) is 11.1. The minimum atomic E-state index is -0.0159. The summed E-state index contributed by atoms with van der Waals surface area (Å²) >= 11 is 6.12. The van der Waals surface area contributed by atoms with E-state index in [1.54, 1.807) is 4.90 Å². The molecule has 1 fully saturated rings. The second-order valence-corrected chi connectivity index (χ2v) is 6.05. The highest BCUT2D eigenvalue weighted by atomic mass is 35.5. The average Bonchev–Trinajstić information content (AvgIpc) is 2.80. The SMILES string of the molecule is COCC(=O)N1CCCN(C(=O)CCc2ccccc2Cl)CC1. The first-order valence-electron chi connectivity index (χ1n) is 7.89. The van der Waals surface area contributed by atoms with Crippen molar-refractivity contribution in [2.24, 2.45) is 0 Å². The first-order valence-corrected chi connectivity index (χ1v) is 8.27. The van der Waals surface area contributed by atoms with Gasteiger partial charge in [0.05, 0.1) is 0 Å². The van der Waals surface area contributed by atoms with Crippen LogP contribution in [0.25, 0.3) is 0 Å². The number of ether oxygens (including phenoxy) is 1. The zero-order valence-electron chi connectivity index (χ0n) is 13.5. The van der Waals surface area contributed by atoms with Crippen LogP contribution in [0.4, 0.5) is 0 Å². The molecule has 0 aliphatic carbocycles. The summed E-state index contributed by atoms with van der Waals surface area (Å²) in [5, 5.41) is 0.701. The highest BCUT2D eigenvalue weighted by molar-refractivity contribution is 6.31. The Morgan fingerprint density at radius 1 is 1.09 bits per heavy atom. The largest absolute Gasteiger partial charge is 0.375 e. The van der Waals surface area contributed by atoms with Crippen LogP contribution >= 0.6 is 11.6 Å². The van der Waals surface area contributed by atoms with E-state index in [0.717, 1.165) is 12.0 Å². The van der Waals surface area contributed by atoms with Gasteiger partial charge < -0.3 is 14.5 Å². The van der Waals surface area contributed by atoms with Gasteiger partial charge >= 0.3 is 0 Å². The quantitative estimate of drug-likeness (QED) is 0.825. The van der Waals surface area contributed by atoms with Gasteiger partial charge in [0.2, 0.25) is 11.8 Å². The van der Waals surface area contributed by atoms with Crippen molar-refractivity contribution >= 4 is 23.4 Å². The molecule has 23 heavy (non-hydrogen) atoms. The molecule has 2 rings (SSSR count). The minimum absolute atomic E-state index is 0.0159. The molecule has 2 amide bonds. The van der Waals surface area contributed by atoms with E-state index in [4.69, 9.17) is 16.3 Å². The lowest BCUT2D eigenvalue weighted by molar-refractivity contribution is -0.136. The summed E-state index contributed by atoms with van der Waals surface area (Å²) < 4.78 is 4.89. The lowest BCUT2D eigenvalue weighted by Gasteiger charge is -2.22. The smallest absolute Gasteiger partial charge is 0.248 e. The summed E-state index contributed by atoms with van der Waals surface area (Å²) in [5.41, 5.74) is 0.995. The van der Waals surface area contributed by atoms with E-state index < -0.39 is 0 Å². The van der Waals surface area contributed by atoms with Crippen LogP contribution in [-0.4, -0.2) is 61.5 Å². The normalized spacial score (nSPS) is 15.4. The van der Waals surface area contributed by atoms with Crippen molar-refractivity contribution < 1.29 is 14.3 Å². The molecule has 1 heterocycles. The molecular weight excluding hydrogens is 316 g/mol. The lowest BCUT2D eigenvalue weighted by Crippen LogP contribution is -2.38. The van der Waals surface area contributed by atoms with Crippen molar-refractivity contribution in [1.29, 1.82) is 0 Å². The van der Waals surface area contributed by atoms with Crippen LogP contribution in [0.3, 0.4) is 0 Å². The molecule has 126 valence electrons. The molecule has 1 saturated heterocycles. The van der Waals surface area contributed by atoms with E-state index in [2.05, 4.69) is 0 Å². The second kappa shape index (κ2) is 8.89. The molecule has 0 N–H and O–H groups in total. The Kier molecular flexibility index (Phi) is 6.86. The van der Waals surface area contributed by atoms with Crippen molar-refractivity contribution in [3.63, 3.8) is 0 Å². The summed E-state index contributed by atoms with van der Waals surface area (Å²) in [6, 6.07) is 7.60. The molecule has 0 spiro atoms. The van der Waals surface area contributed by atoms with Crippen molar-refractivity contribution in [3.05, 3.63) is 34.9 Å². The van der Waals surface area contributed by atoms with Crippen LogP contribution in [0.15, 0.2) is 24.3 Å². The van der Waals surface area contributed by atoms with Crippen molar-refractivity contribution in [1.82, 2.24) is 9.80 Å². The number of methoxy groups -OCH3 is 1. The van der Waals surface area contributed by atoms with Gasteiger partial charge in [-0.15, -0.1) is 0 Å². The maximum absolute atomic E-state index is 12.4. The van der Waals surface area contributed by atoms with Gasteiger partial charge in [-0.25, -0.2) is 0 Å². The number of halogens is 1. The van der Waals surface area contributed by atoms with Crippen LogP contribution in [0.5, 0.6) is 0 Å². The van der Waals surface area contributed by atoms with Crippen molar-refractivity contribution in [2.45, 2.75) is 19.3 Å². The standard InChI is InChI=1S/C17H23ClN2O3/c1-23-13-17(22)20-10-4-9-19(11-12-20)16(21)8-7-14-5-2-3-6-15(14)18/h2-3,5-6H,4,7-13H2,1H3. The summed E-state index contributed by atoms with van der Waals surface area (Å²) in [5.74, 6) is 0.101. The second-order valence-electron chi connectivity index (χ2n) is 5.64. The average molecular weight is 339 g/mol. The first kappa shape index (κ1) is 17.8. The van der Waals surface area contributed by atoms with E-state index in [9.17, 15) is 9.59 Å². The fourth-order valence-electron chi connectivity index (χ4n) is 2.73. The van der Waals surface area contributed by atoms with Crippen LogP contribution < -0.4 is 0 Å². The van der Waals surface area contributed by atoms with Crippen LogP contribution in [0.1, 0.15) is 18.4 Å². The minimum Gasteiger partial charge on any atom is -0.375 e. The number of rotatable bonds is 5. The number of aryl methyl sites for hydroxylation is 1. The highest BCUT2D eigenvalue weighted by Crippen LogP contribution is 2.17. The molecule has 5 nitrogen and oxygen atoms in total. The van der Waals surface area contributed by atoms with E-state index >= 15 is 0 Å². The third kappa shape index (κ3) is 5.22. The zero-order chi connectivity index (χ0) is 16.7. The van der Waals surface area contributed by atoms with Gasteiger partial charge in [0.15, 0.2) is 0 Å². The summed E-state index contributed by atoms with van der Waals surface area (Å²) in [6.07, 6.45) is 1.88. The lowest BCUT2D eigenvalue weighted by atomic mass is 10.1. The van der Waals surface area contributed by atoms with Crippen LogP contribution in [0.2, 0.25) is 5.02 Å². The van der Waals surface area contributed by atoms with Gasteiger partial charge in [-0.2, -0.15) is 0 Å². The number of carbonyl (C=O) groups is 2. The van der Waals surface area contributed by atoms with Gasteiger partial charge in [-0.05, 0) is 24.5 Å². The number of carbonyl (C=O) groups excluding carboxylic acids is 2. The summed E-state index contributed by atoms with van der Waals surface area (Å²) in [7, 11) is 1.51. The Hall–Kier alpha value is -1.59. The van der Waals surface area contributed by atoms with Gasteiger partial charge in [0.1, 0.15) is 6.61 Å². The van der Waals surface area contributed by atoms with Crippen LogP contribution in [-0.2, 0) is 20.7 Å². The predicted octanol–water partition coefficient (Wildman–Crippen LogP) is 1.98. The third-order valence-electron chi connectivity index (χ3n) is 4.04. The van der Waals surface area contributed by atoms with Crippen LogP contribution in [0, 0.1) is 0 Å². The molecule has 0 radical (unpaired) electrons. The molecule has 1 aliphatic rings. The third-order valence-corrected chi connectivity index (χ3v) is 4.40. The topological polar surface area (TPSA) is 49.9 Å².